The molecule has 21 heavy (non-hydrogen) atoms. The molecule has 1 heterocycles. The summed E-state index contributed by atoms with van der Waals surface area (Å²) in [7, 11) is 0. The first-order chi connectivity index (χ1) is 9.95. The van der Waals surface area contributed by atoms with Gasteiger partial charge in [0.25, 0.3) is 0 Å². The summed E-state index contributed by atoms with van der Waals surface area (Å²) in [4.78, 5) is 0. The number of halogens is 1. The minimum Gasteiger partial charge on any atom is -0.372 e. The van der Waals surface area contributed by atoms with Crippen LogP contribution in [-0.2, 0) is 18.0 Å². The predicted octanol–water partition coefficient (Wildman–Crippen LogP) is 5.85. The smallest absolute Gasteiger partial charge is 0.0725 e. The van der Waals surface area contributed by atoms with E-state index in [1.54, 1.807) is 0 Å². The maximum absolute atomic E-state index is 6.81. The highest BCUT2D eigenvalue weighted by Gasteiger charge is 2.33. The second-order valence-corrected chi connectivity index (χ2v) is 8.37. The third-order valence-electron chi connectivity index (χ3n) is 5.47. The normalized spacial score (nSPS) is 27.4. The Hall–Kier alpha value is -0.530. The van der Waals surface area contributed by atoms with E-state index in [1.165, 1.54) is 42.4 Å². The Morgan fingerprint density at radius 1 is 1.05 bits per heavy atom. The highest BCUT2D eigenvalue weighted by molar-refractivity contribution is 6.21. The van der Waals surface area contributed by atoms with Crippen LogP contribution in [0.4, 0.5) is 0 Å². The summed E-state index contributed by atoms with van der Waals surface area (Å²) in [6.07, 6.45) is 5.18. The van der Waals surface area contributed by atoms with Crippen molar-refractivity contribution in [1.29, 1.82) is 0 Å². The van der Waals surface area contributed by atoms with E-state index < -0.39 is 0 Å². The Morgan fingerprint density at radius 3 is 2.38 bits per heavy atom. The lowest BCUT2D eigenvalue weighted by molar-refractivity contribution is 0.134. The summed E-state index contributed by atoms with van der Waals surface area (Å²) in [5.74, 6) is 1.48. The van der Waals surface area contributed by atoms with Crippen molar-refractivity contribution in [1.82, 2.24) is 0 Å². The zero-order chi connectivity index (χ0) is 15.0. The highest BCUT2D eigenvalue weighted by atomic mass is 35.5. The van der Waals surface area contributed by atoms with Gasteiger partial charge in [0, 0.05) is 0 Å². The summed E-state index contributed by atoms with van der Waals surface area (Å²) >= 11 is 6.81. The fourth-order valence-corrected chi connectivity index (χ4v) is 4.30. The molecule has 1 aromatic carbocycles. The maximum Gasteiger partial charge on any atom is 0.0725 e. The van der Waals surface area contributed by atoms with Gasteiger partial charge >= 0.3 is 0 Å². The van der Waals surface area contributed by atoms with E-state index in [-0.39, 0.29) is 5.38 Å². The monoisotopic (exact) mass is 306 g/mol. The lowest BCUT2D eigenvalue weighted by Gasteiger charge is -2.38. The molecule has 0 saturated heterocycles. The van der Waals surface area contributed by atoms with Gasteiger partial charge in [-0.3, -0.25) is 0 Å². The standard InChI is InChI=1S/C19H27ClO/c1-19(2,3)17-8-6-13(7-9-17)18(20)14-4-5-15-11-21-12-16(15)10-14/h4-5,10,13,17-18H,6-9,11-12H2,1-3H3. The van der Waals surface area contributed by atoms with Gasteiger partial charge in [-0.25, -0.2) is 0 Å². The molecule has 1 fully saturated rings. The summed E-state index contributed by atoms with van der Waals surface area (Å²) < 4.78 is 5.50. The fourth-order valence-electron chi connectivity index (χ4n) is 3.91. The van der Waals surface area contributed by atoms with Crippen LogP contribution in [0.2, 0.25) is 0 Å². The van der Waals surface area contributed by atoms with Crippen LogP contribution in [0.3, 0.4) is 0 Å². The largest absolute Gasteiger partial charge is 0.372 e. The Morgan fingerprint density at radius 2 is 1.71 bits per heavy atom. The molecule has 2 heteroatoms. The number of benzene rings is 1. The molecule has 116 valence electrons. The molecule has 0 bridgehead atoms. The van der Waals surface area contributed by atoms with Crippen LogP contribution in [0, 0.1) is 17.3 Å². The number of rotatable bonds is 2. The molecule has 1 aromatic rings. The van der Waals surface area contributed by atoms with Crippen molar-refractivity contribution in [2.24, 2.45) is 17.3 Å². The Balaban J connectivity index is 1.65. The summed E-state index contributed by atoms with van der Waals surface area (Å²) in [6, 6.07) is 6.69. The van der Waals surface area contributed by atoms with Gasteiger partial charge in [0.05, 0.1) is 18.6 Å². The molecule has 1 aliphatic heterocycles. The van der Waals surface area contributed by atoms with Crippen LogP contribution in [0.25, 0.3) is 0 Å². The second kappa shape index (κ2) is 5.93. The molecule has 3 rings (SSSR count). The molecular weight excluding hydrogens is 280 g/mol. The van der Waals surface area contributed by atoms with Gasteiger partial charge in [-0.1, -0.05) is 39.0 Å². The molecule has 1 saturated carbocycles. The van der Waals surface area contributed by atoms with Gasteiger partial charge in [-0.2, -0.15) is 0 Å². The highest BCUT2D eigenvalue weighted by Crippen LogP contribution is 2.45. The first kappa shape index (κ1) is 15.4. The van der Waals surface area contributed by atoms with Crippen molar-refractivity contribution in [3.8, 4) is 0 Å². The number of alkyl halides is 1. The molecular formula is C19H27ClO. The lowest BCUT2D eigenvalue weighted by atomic mass is 9.69. The molecule has 0 spiro atoms. The van der Waals surface area contributed by atoms with Crippen molar-refractivity contribution in [3.63, 3.8) is 0 Å². The van der Waals surface area contributed by atoms with Gasteiger partial charge in [-0.05, 0) is 59.6 Å². The molecule has 0 aromatic heterocycles. The van der Waals surface area contributed by atoms with E-state index >= 15 is 0 Å². The molecule has 2 aliphatic rings. The van der Waals surface area contributed by atoms with Gasteiger partial charge in [0.1, 0.15) is 0 Å². The van der Waals surface area contributed by atoms with E-state index in [9.17, 15) is 0 Å². The minimum atomic E-state index is 0.164. The van der Waals surface area contributed by atoms with Crippen LogP contribution in [-0.4, -0.2) is 0 Å². The summed E-state index contributed by atoms with van der Waals surface area (Å²) in [6.45, 7) is 8.63. The van der Waals surface area contributed by atoms with E-state index in [0.717, 1.165) is 19.1 Å². The van der Waals surface area contributed by atoms with Crippen LogP contribution in [0.15, 0.2) is 18.2 Å². The fraction of sp³-hybridized carbons (Fsp3) is 0.684. The van der Waals surface area contributed by atoms with Gasteiger partial charge < -0.3 is 4.74 Å². The summed E-state index contributed by atoms with van der Waals surface area (Å²) in [5.41, 5.74) is 4.40. The number of hydrogen-bond donors (Lipinski definition) is 0. The van der Waals surface area contributed by atoms with E-state index in [0.29, 0.717) is 11.3 Å². The summed E-state index contributed by atoms with van der Waals surface area (Å²) in [5, 5.41) is 0.164. The Labute approximate surface area is 134 Å². The number of ether oxygens (including phenoxy) is 1. The SMILES string of the molecule is CC(C)(C)C1CCC(C(Cl)c2ccc3c(c2)COC3)CC1. The zero-order valence-corrected chi connectivity index (χ0v) is 14.2. The zero-order valence-electron chi connectivity index (χ0n) is 13.5. The first-order valence-electron chi connectivity index (χ1n) is 8.28. The first-order valence-corrected chi connectivity index (χ1v) is 8.72. The lowest BCUT2D eigenvalue weighted by Crippen LogP contribution is -2.27. The Bertz CT molecular complexity index is 495. The average Bonchev–Trinajstić information content (AvgIpc) is 2.93. The van der Waals surface area contributed by atoms with Crippen LogP contribution in [0.5, 0.6) is 0 Å². The van der Waals surface area contributed by atoms with Crippen molar-refractivity contribution < 1.29 is 4.74 Å². The van der Waals surface area contributed by atoms with E-state index in [2.05, 4.69) is 39.0 Å². The topological polar surface area (TPSA) is 9.23 Å². The third kappa shape index (κ3) is 3.29. The molecule has 1 atom stereocenters. The molecule has 1 aliphatic carbocycles. The van der Waals surface area contributed by atoms with E-state index in [1.807, 2.05) is 0 Å². The van der Waals surface area contributed by atoms with Gasteiger partial charge in [0.2, 0.25) is 0 Å². The van der Waals surface area contributed by atoms with Crippen molar-refractivity contribution in [2.45, 2.75) is 65.0 Å². The second-order valence-electron chi connectivity index (χ2n) is 7.90. The van der Waals surface area contributed by atoms with Crippen LogP contribution >= 0.6 is 11.6 Å². The number of hydrogen-bond acceptors (Lipinski definition) is 1. The molecule has 1 unspecified atom stereocenters. The third-order valence-corrected chi connectivity index (χ3v) is 6.08. The quantitative estimate of drug-likeness (QED) is 0.623. The Kier molecular flexibility index (Phi) is 4.34. The van der Waals surface area contributed by atoms with Gasteiger partial charge in [-0.15, -0.1) is 11.6 Å². The molecule has 0 radical (unpaired) electrons. The average molecular weight is 307 g/mol. The van der Waals surface area contributed by atoms with Crippen molar-refractivity contribution in [2.75, 3.05) is 0 Å². The number of fused-ring (bicyclic) bond motifs is 1. The minimum absolute atomic E-state index is 0.164. The molecule has 0 amide bonds. The van der Waals surface area contributed by atoms with Crippen molar-refractivity contribution in [3.05, 3.63) is 34.9 Å². The van der Waals surface area contributed by atoms with Gasteiger partial charge in [0.15, 0.2) is 0 Å². The molecule has 0 N–H and O–H groups in total. The molecule has 1 nitrogen and oxygen atoms in total. The van der Waals surface area contributed by atoms with Crippen LogP contribution < -0.4 is 0 Å². The van der Waals surface area contributed by atoms with E-state index in [4.69, 9.17) is 16.3 Å². The van der Waals surface area contributed by atoms with Crippen LogP contribution in [0.1, 0.15) is 68.5 Å². The predicted molar refractivity (Wildman–Crippen MR) is 88.4 cm³/mol. The van der Waals surface area contributed by atoms with Crippen molar-refractivity contribution >= 4 is 11.6 Å². The maximum atomic E-state index is 6.81.